The maximum atomic E-state index is 12.2. The van der Waals surface area contributed by atoms with Gasteiger partial charge in [-0.2, -0.15) is 11.3 Å². The number of carbonyl (C=O) groups is 1. The van der Waals surface area contributed by atoms with E-state index in [4.69, 9.17) is 10.9 Å². The van der Waals surface area contributed by atoms with Gasteiger partial charge in [-0.1, -0.05) is 5.16 Å². The van der Waals surface area contributed by atoms with Crippen molar-refractivity contribution in [2.45, 2.75) is 19.8 Å². The minimum Gasteiger partial charge on any atom is -0.409 e. The van der Waals surface area contributed by atoms with E-state index in [1.807, 2.05) is 22.6 Å². The number of piperidine rings is 1. The van der Waals surface area contributed by atoms with Crippen LogP contribution in [0.5, 0.6) is 0 Å². The van der Waals surface area contributed by atoms with Gasteiger partial charge in [0.2, 0.25) is 0 Å². The Morgan fingerprint density at radius 2 is 2.17 bits per heavy atom. The molecule has 6 heteroatoms. The number of aryl methyl sites for hydroxylation is 1. The number of nitrogens with zero attached hydrogens (tertiary/aromatic N) is 2. The maximum Gasteiger partial charge on any atom is 0.254 e. The van der Waals surface area contributed by atoms with Crippen LogP contribution in [0.3, 0.4) is 0 Å². The number of amides is 1. The van der Waals surface area contributed by atoms with Gasteiger partial charge in [-0.3, -0.25) is 4.79 Å². The fraction of sp³-hybridized carbons (Fsp3) is 0.500. The van der Waals surface area contributed by atoms with E-state index in [0.717, 1.165) is 24.0 Å². The first kappa shape index (κ1) is 12.9. The van der Waals surface area contributed by atoms with Gasteiger partial charge in [-0.25, -0.2) is 0 Å². The van der Waals surface area contributed by atoms with Crippen LogP contribution in [-0.4, -0.2) is 34.9 Å². The molecule has 0 aromatic carbocycles. The van der Waals surface area contributed by atoms with Crippen molar-refractivity contribution < 1.29 is 10.0 Å². The Bertz CT molecular complexity index is 462. The Morgan fingerprint density at radius 1 is 1.50 bits per heavy atom. The lowest BCUT2D eigenvalue weighted by molar-refractivity contribution is 0.0709. The number of amidine groups is 1. The van der Waals surface area contributed by atoms with Crippen LogP contribution in [0, 0.1) is 12.8 Å². The molecule has 1 fully saturated rings. The number of oxime groups is 1. The number of likely N-dealkylation sites (tertiary alicyclic amines) is 1. The molecule has 2 rings (SSSR count). The van der Waals surface area contributed by atoms with E-state index in [1.165, 1.54) is 0 Å². The summed E-state index contributed by atoms with van der Waals surface area (Å²) in [5.41, 5.74) is 7.41. The largest absolute Gasteiger partial charge is 0.409 e. The number of nitrogens with two attached hydrogens (primary N) is 1. The molecule has 1 aromatic rings. The highest BCUT2D eigenvalue weighted by molar-refractivity contribution is 7.08. The normalized spacial score (nSPS) is 18.1. The molecule has 0 bridgehead atoms. The molecule has 3 N–H and O–H groups in total. The van der Waals surface area contributed by atoms with E-state index in [1.54, 1.807) is 11.3 Å². The van der Waals surface area contributed by atoms with Crippen LogP contribution in [-0.2, 0) is 0 Å². The zero-order chi connectivity index (χ0) is 13.1. The van der Waals surface area contributed by atoms with E-state index in [9.17, 15) is 4.79 Å². The van der Waals surface area contributed by atoms with Crippen molar-refractivity contribution in [2.24, 2.45) is 16.8 Å². The van der Waals surface area contributed by atoms with Crippen LogP contribution in [0.4, 0.5) is 0 Å². The van der Waals surface area contributed by atoms with Gasteiger partial charge >= 0.3 is 0 Å². The van der Waals surface area contributed by atoms with Crippen molar-refractivity contribution in [1.29, 1.82) is 0 Å². The van der Waals surface area contributed by atoms with Crippen LogP contribution in [0.2, 0.25) is 0 Å². The molecule has 2 heterocycles. The molecular formula is C12H17N3O2S. The first-order chi connectivity index (χ1) is 8.63. The summed E-state index contributed by atoms with van der Waals surface area (Å²) in [4.78, 5) is 14.1. The molecule has 0 spiro atoms. The van der Waals surface area contributed by atoms with Gasteiger partial charge in [0.15, 0.2) is 0 Å². The highest BCUT2D eigenvalue weighted by Crippen LogP contribution is 2.21. The molecule has 1 amide bonds. The van der Waals surface area contributed by atoms with Crippen LogP contribution in [0.15, 0.2) is 15.9 Å². The van der Waals surface area contributed by atoms with Crippen molar-refractivity contribution in [3.63, 3.8) is 0 Å². The van der Waals surface area contributed by atoms with Crippen LogP contribution >= 0.6 is 11.3 Å². The molecule has 0 aliphatic carbocycles. The van der Waals surface area contributed by atoms with E-state index in [0.29, 0.717) is 13.1 Å². The standard InChI is InChI=1S/C12H17N3O2S/c1-8-6-18-7-10(8)12(16)15-4-2-9(3-5-15)11(13)14-17/h6-7,9,17H,2-5H2,1H3,(H2,13,14). The zero-order valence-corrected chi connectivity index (χ0v) is 11.1. The monoisotopic (exact) mass is 267 g/mol. The molecule has 1 aromatic heterocycles. The van der Waals surface area contributed by atoms with Crippen LogP contribution in [0.1, 0.15) is 28.8 Å². The predicted molar refractivity (Wildman–Crippen MR) is 71.1 cm³/mol. The topological polar surface area (TPSA) is 78.9 Å². The van der Waals surface area contributed by atoms with E-state index < -0.39 is 0 Å². The summed E-state index contributed by atoms with van der Waals surface area (Å²) in [7, 11) is 0. The zero-order valence-electron chi connectivity index (χ0n) is 10.3. The number of thiophene rings is 1. The Balaban J connectivity index is 1.98. The lowest BCUT2D eigenvalue weighted by Gasteiger charge is -2.31. The minimum atomic E-state index is 0.0858. The smallest absolute Gasteiger partial charge is 0.254 e. The summed E-state index contributed by atoms with van der Waals surface area (Å²) in [6.45, 7) is 3.27. The summed E-state index contributed by atoms with van der Waals surface area (Å²) >= 11 is 1.55. The Kier molecular flexibility index (Phi) is 3.86. The molecular weight excluding hydrogens is 250 g/mol. The highest BCUT2D eigenvalue weighted by Gasteiger charge is 2.26. The fourth-order valence-electron chi connectivity index (χ4n) is 2.21. The lowest BCUT2D eigenvalue weighted by atomic mass is 9.95. The van der Waals surface area contributed by atoms with Crippen molar-refractivity contribution >= 4 is 23.1 Å². The van der Waals surface area contributed by atoms with E-state index >= 15 is 0 Å². The van der Waals surface area contributed by atoms with Crippen molar-refractivity contribution in [2.75, 3.05) is 13.1 Å². The van der Waals surface area contributed by atoms with Gasteiger partial charge in [0.25, 0.3) is 5.91 Å². The molecule has 0 saturated carbocycles. The average molecular weight is 267 g/mol. The fourth-order valence-corrected chi connectivity index (χ4v) is 3.03. The highest BCUT2D eigenvalue weighted by atomic mass is 32.1. The number of carbonyl (C=O) groups excluding carboxylic acids is 1. The molecule has 0 atom stereocenters. The maximum absolute atomic E-state index is 12.2. The van der Waals surface area contributed by atoms with Gasteiger partial charge in [0.05, 0.1) is 5.56 Å². The molecule has 0 radical (unpaired) electrons. The van der Waals surface area contributed by atoms with Gasteiger partial charge in [-0.05, 0) is 30.7 Å². The van der Waals surface area contributed by atoms with Gasteiger partial charge < -0.3 is 15.8 Å². The first-order valence-corrected chi connectivity index (χ1v) is 6.87. The minimum absolute atomic E-state index is 0.0858. The molecule has 18 heavy (non-hydrogen) atoms. The van der Waals surface area contributed by atoms with Crippen LogP contribution < -0.4 is 5.73 Å². The van der Waals surface area contributed by atoms with Crippen molar-refractivity contribution in [1.82, 2.24) is 4.90 Å². The van der Waals surface area contributed by atoms with E-state index in [-0.39, 0.29) is 17.7 Å². The number of rotatable bonds is 2. The number of hydrogen-bond acceptors (Lipinski definition) is 4. The number of hydrogen-bond donors (Lipinski definition) is 2. The average Bonchev–Trinajstić information content (AvgIpc) is 2.83. The Morgan fingerprint density at radius 3 is 2.67 bits per heavy atom. The summed E-state index contributed by atoms with van der Waals surface area (Å²) in [6, 6.07) is 0. The molecule has 0 unspecified atom stereocenters. The quantitative estimate of drug-likeness (QED) is 0.370. The van der Waals surface area contributed by atoms with Gasteiger partial charge in [0, 0.05) is 24.4 Å². The first-order valence-electron chi connectivity index (χ1n) is 5.93. The lowest BCUT2D eigenvalue weighted by Crippen LogP contribution is -2.41. The molecule has 98 valence electrons. The van der Waals surface area contributed by atoms with Crippen molar-refractivity contribution in [3.8, 4) is 0 Å². The third-order valence-corrected chi connectivity index (χ3v) is 4.26. The molecule has 5 nitrogen and oxygen atoms in total. The molecule has 1 saturated heterocycles. The van der Waals surface area contributed by atoms with Crippen molar-refractivity contribution in [3.05, 3.63) is 21.9 Å². The third-order valence-electron chi connectivity index (χ3n) is 3.40. The third kappa shape index (κ3) is 2.48. The molecule has 1 aliphatic heterocycles. The summed E-state index contributed by atoms with van der Waals surface area (Å²) in [5, 5.41) is 15.5. The van der Waals surface area contributed by atoms with Gasteiger partial charge in [0.1, 0.15) is 5.84 Å². The Labute approximate surface area is 110 Å². The SMILES string of the molecule is Cc1cscc1C(=O)N1CCC(C(N)=NO)CC1. The Hall–Kier alpha value is -1.56. The summed E-state index contributed by atoms with van der Waals surface area (Å²) in [5.74, 6) is 0.447. The van der Waals surface area contributed by atoms with Crippen LogP contribution in [0.25, 0.3) is 0 Å². The van der Waals surface area contributed by atoms with Gasteiger partial charge in [-0.15, -0.1) is 0 Å². The second-order valence-corrected chi connectivity index (χ2v) is 5.30. The summed E-state index contributed by atoms with van der Waals surface area (Å²) < 4.78 is 0. The predicted octanol–water partition coefficient (Wildman–Crippen LogP) is 1.66. The van der Waals surface area contributed by atoms with E-state index in [2.05, 4.69) is 5.16 Å². The molecule has 1 aliphatic rings. The summed E-state index contributed by atoms with van der Waals surface area (Å²) in [6.07, 6.45) is 1.51. The second-order valence-electron chi connectivity index (χ2n) is 4.56. The second kappa shape index (κ2) is 5.39.